The van der Waals surface area contributed by atoms with Crippen molar-refractivity contribution < 1.29 is 9.53 Å². The molecule has 0 spiro atoms. The molecule has 1 saturated heterocycles. The third-order valence-corrected chi connectivity index (χ3v) is 2.43. The van der Waals surface area contributed by atoms with Crippen LogP contribution in [-0.4, -0.2) is 43.8 Å². The molecule has 0 aliphatic carbocycles. The summed E-state index contributed by atoms with van der Waals surface area (Å²) in [6.07, 6.45) is 1.17. The van der Waals surface area contributed by atoms with Crippen molar-refractivity contribution in [3.63, 3.8) is 0 Å². The third kappa shape index (κ3) is 3.18. The molecule has 0 radical (unpaired) electrons. The number of likely N-dealkylation sites (tertiary alicyclic amines) is 1. The first-order chi connectivity index (χ1) is 6.63. The van der Waals surface area contributed by atoms with Crippen molar-refractivity contribution in [1.29, 1.82) is 0 Å². The summed E-state index contributed by atoms with van der Waals surface area (Å²) in [5.74, 6) is 0.500. The second kappa shape index (κ2) is 5.20. The van der Waals surface area contributed by atoms with E-state index in [9.17, 15) is 4.79 Å². The molecule has 4 heteroatoms. The summed E-state index contributed by atoms with van der Waals surface area (Å²) in [6, 6.07) is 0.0400. The van der Waals surface area contributed by atoms with Crippen LogP contribution in [0.1, 0.15) is 20.3 Å². The van der Waals surface area contributed by atoms with E-state index < -0.39 is 0 Å². The average Bonchev–Trinajstić information content (AvgIpc) is 2.62. The van der Waals surface area contributed by atoms with Gasteiger partial charge in [0.15, 0.2) is 0 Å². The molecule has 1 aliphatic heterocycles. The number of rotatable bonds is 3. The van der Waals surface area contributed by atoms with Crippen molar-refractivity contribution in [2.45, 2.75) is 26.4 Å². The molecule has 0 saturated carbocycles. The Balaban J connectivity index is 2.25. The van der Waals surface area contributed by atoms with Gasteiger partial charge in [-0.3, -0.25) is 0 Å². The smallest absolute Gasteiger partial charge is 0.317 e. The minimum absolute atomic E-state index is 0.0400. The molecule has 0 aromatic rings. The van der Waals surface area contributed by atoms with Gasteiger partial charge in [-0.05, 0) is 12.3 Å². The number of hydrogen-bond acceptors (Lipinski definition) is 2. The van der Waals surface area contributed by atoms with Gasteiger partial charge in [0.05, 0.1) is 6.10 Å². The van der Waals surface area contributed by atoms with E-state index in [1.165, 1.54) is 0 Å². The van der Waals surface area contributed by atoms with Crippen molar-refractivity contribution >= 4 is 6.03 Å². The summed E-state index contributed by atoms with van der Waals surface area (Å²) in [7, 11) is 1.69. The molecule has 1 fully saturated rings. The zero-order valence-electron chi connectivity index (χ0n) is 9.25. The number of ether oxygens (including phenoxy) is 1. The van der Waals surface area contributed by atoms with E-state index in [-0.39, 0.29) is 12.1 Å². The highest BCUT2D eigenvalue weighted by Crippen LogP contribution is 2.11. The average molecular weight is 200 g/mol. The number of nitrogens with one attached hydrogen (secondary N) is 1. The standard InChI is InChI=1S/C10H20N2O2/c1-8(2)6-11-10(13)12-5-4-9(7-12)14-3/h8-9H,4-7H2,1-3H3,(H,11,13). The van der Waals surface area contributed by atoms with Gasteiger partial charge in [0.25, 0.3) is 0 Å². The van der Waals surface area contributed by atoms with Gasteiger partial charge in [-0.1, -0.05) is 13.8 Å². The Morgan fingerprint density at radius 2 is 2.36 bits per heavy atom. The summed E-state index contributed by atoms with van der Waals surface area (Å²) in [5, 5.41) is 2.90. The van der Waals surface area contributed by atoms with Crippen LogP contribution in [0.25, 0.3) is 0 Å². The number of nitrogens with zero attached hydrogens (tertiary/aromatic N) is 1. The van der Waals surface area contributed by atoms with E-state index in [4.69, 9.17) is 4.74 Å². The van der Waals surface area contributed by atoms with Gasteiger partial charge in [0, 0.05) is 26.7 Å². The highest BCUT2D eigenvalue weighted by molar-refractivity contribution is 5.74. The zero-order valence-corrected chi connectivity index (χ0v) is 9.25. The van der Waals surface area contributed by atoms with Crippen LogP contribution in [0.15, 0.2) is 0 Å². The van der Waals surface area contributed by atoms with Crippen molar-refractivity contribution in [1.82, 2.24) is 10.2 Å². The topological polar surface area (TPSA) is 41.6 Å². The first-order valence-corrected chi connectivity index (χ1v) is 5.19. The molecular weight excluding hydrogens is 180 g/mol. The lowest BCUT2D eigenvalue weighted by Crippen LogP contribution is -2.40. The Labute approximate surface area is 85.6 Å². The van der Waals surface area contributed by atoms with Crippen molar-refractivity contribution in [3.05, 3.63) is 0 Å². The summed E-state index contributed by atoms with van der Waals surface area (Å²) < 4.78 is 5.20. The first-order valence-electron chi connectivity index (χ1n) is 5.19. The number of amides is 2. The number of hydrogen-bond donors (Lipinski definition) is 1. The van der Waals surface area contributed by atoms with Crippen LogP contribution in [0.2, 0.25) is 0 Å². The summed E-state index contributed by atoms with van der Waals surface area (Å²) in [5.41, 5.74) is 0. The lowest BCUT2D eigenvalue weighted by molar-refractivity contribution is 0.110. The van der Waals surface area contributed by atoms with Gasteiger partial charge in [0.2, 0.25) is 0 Å². The largest absolute Gasteiger partial charge is 0.380 e. The molecule has 82 valence electrons. The van der Waals surface area contributed by atoms with Crippen LogP contribution in [0, 0.1) is 5.92 Å². The molecule has 1 unspecified atom stereocenters. The minimum atomic E-state index is 0.0400. The fourth-order valence-corrected chi connectivity index (χ4v) is 1.51. The number of carbonyl (C=O) groups is 1. The highest BCUT2D eigenvalue weighted by Gasteiger charge is 2.25. The van der Waals surface area contributed by atoms with Crippen molar-refractivity contribution in [2.24, 2.45) is 5.92 Å². The Morgan fingerprint density at radius 3 is 2.86 bits per heavy atom. The Bertz CT molecular complexity index is 195. The van der Waals surface area contributed by atoms with E-state index in [1.807, 2.05) is 4.90 Å². The van der Waals surface area contributed by atoms with E-state index >= 15 is 0 Å². The third-order valence-electron chi connectivity index (χ3n) is 2.43. The van der Waals surface area contributed by atoms with Crippen LogP contribution in [0.4, 0.5) is 4.79 Å². The maximum Gasteiger partial charge on any atom is 0.317 e. The second-order valence-corrected chi connectivity index (χ2v) is 4.17. The molecule has 1 aliphatic rings. The van der Waals surface area contributed by atoms with E-state index in [1.54, 1.807) is 7.11 Å². The van der Waals surface area contributed by atoms with Crippen LogP contribution in [0.3, 0.4) is 0 Å². The molecule has 4 nitrogen and oxygen atoms in total. The summed E-state index contributed by atoms with van der Waals surface area (Å²) >= 11 is 0. The highest BCUT2D eigenvalue weighted by atomic mass is 16.5. The normalized spacial score (nSPS) is 21.7. The van der Waals surface area contributed by atoms with Crippen LogP contribution in [-0.2, 0) is 4.74 Å². The van der Waals surface area contributed by atoms with Crippen LogP contribution < -0.4 is 5.32 Å². The quantitative estimate of drug-likeness (QED) is 0.740. The van der Waals surface area contributed by atoms with Gasteiger partial charge >= 0.3 is 6.03 Å². The monoisotopic (exact) mass is 200 g/mol. The predicted octanol–water partition coefficient (Wildman–Crippen LogP) is 1.07. The number of carbonyl (C=O) groups excluding carboxylic acids is 1. The Hall–Kier alpha value is -0.770. The van der Waals surface area contributed by atoms with E-state index in [2.05, 4.69) is 19.2 Å². The molecule has 1 atom stereocenters. The molecule has 1 rings (SSSR count). The number of urea groups is 1. The zero-order chi connectivity index (χ0) is 10.6. The predicted molar refractivity (Wildman–Crippen MR) is 55.2 cm³/mol. The van der Waals surface area contributed by atoms with Crippen LogP contribution in [0.5, 0.6) is 0 Å². The maximum atomic E-state index is 11.6. The van der Waals surface area contributed by atoms with E-state index in [0.717, 1.165) is 26.1 Å². The molecule has 0 bridgehead atoms. The van der Waals surface area contributed by atoms with Gasteiger partial charge in [0.1, 0.15) is 0 Å². The lowest BCUT2D eigenvalue weighted by atomic mass is 10.2. The fourth-order valence-electron chi connectivity index (χ4n) is 1.51. The Kier molecular flexibility index (Phi) is 4.20. The van der Waals surface area contributed by atoms with Gasteiger partial charge < -0.3 is 15.0 Å². The summed E-state index contributed by atoms with van der Waals surface area (Å²) in [4.78, 5) is 13.4. The minimum Gasteiger partial charge on any atom is -0.380 e. The molecule has 0 aromatic carbocycles. The number of methoxy groups -OCH3 is 1. The second-order valence-electron chi connectivity index (χ2n) is 4.17. The molecule has 2 amide bonds. The summed E-state index contributed by atoms with van der Waals surface area (Å²) in [6.45, 7) is 6.44. The molecule has 14 heavy (non-hydrogen) atoms. The van der Waals surface area contributed by atoms with E-state index in [0.29, 0.717) is 5.92 Å². The van der Waals surface area contributed by atoms with Gasteiger partial charge in [-0.25, -0.2) is 4.79 Å². The fraction of sp³-hybridized carbons (Fsp3) is 0.900. The molecule has 0 aromatic heterocycles. The first kappa shape index (κ1) is 11.3. The van der Waals surface area contributed by atoms with Crippen LogP contribution >= 0.6 is 0 Å². The molecule has 1 heterocycles. The maximum absolute atomic E-state index is 11.6. The Morgan fingerprint density at radius 1 is 1.64 bits per heavy atom. The van der Waals surface area contributed by atoms with Crippen molar-refractivity contribution in [3.8, 4) is 0 Å². The lowest BCUT2D eigenvalue weighted by Gasteiger charge is -2.17. The SMILES string of the molecule is COC1CCN(C(=O)NCC(C)C)C1. The van der Waals surface area contributed by atoms with Gasteiger partial charge in [-0.2, -0.15) is 0 Å². The molecular formula is C10H20N2O2. The van der Waals surface area contributed by atoms with Crippen molar-refractivity contribution in [2.75, 3.05) is 26.7 Å². The van der Waals surface area contributed by atoms with Gasteiger partial charge in [-0.15, -0.1) is 0 Å². The molecule has 1 N–H and O–H groups in total.